The zero-order chi connectivity index (χ0) is 10.9. The predicted molar refractivity (Wildman–Crippen MR) is 51.6 cm³/mol. The number of rotatable bonds is 2. The van der Waals surface area contributed by atoms with Crippen LogP contribution in [0.3, 0.4) is 0 Å². The van der Waals surface area contributed by atoms with Crippen LogP contribution in [0.15, 0.2) is 6.07 Å². The highest BCUT2D eigenvalue weighted by atomic mass is 19.1. The van der Waals surface area contributed by atoms with Gasteiger partial charge in [-0.2, -0.15) is 0 Å². The Hall–Kier alpha value is -1.13. The number of benzene rings is 1. The van der Waals surface area contributed by atoms with Crippen molar-refractivity contribution >= 4 is 0 Å². The van der Waals surface area contributed by atoms with Crippen LogP contribution >= 0.6 is 0 Å². The molecule has 4 heteroatoms. The van der Waals surface area contributed by atoms with Crippen LogP contribution in [0, 0.1) is 19.7 Å². The van der Waals surface area contributed by atoms with Gasteiger partial charge in [-0.1, -0.05) is 0 Å². The van der Waals surface area contributed by atoms with E-state index in [9.17, 15) is 14.6 Å². The molecule has 0 spiro atoms. The van der Waals surface area contributed by atoms with E-state index in [1.807, 2.05) is 0 Å². The van der Waals surface area contributed by atoms with Gasteiger partial charge in [0.1, 0.15) is 0 Å². The lowest BCUT2D eigenvalue weighted by Crippen LogP contribution is -2.13. The smallest absolute Gasteiger partial charge is 0.167 e. The van der Waals surface area contributed by atoms with E-state index in [4.69, 9.17) is 5.73 Å². The zero-order valence-electron chi connectivity index (χ0n) is 8.21. The first kappa shape index (κ1) is 10.9. The maximum atomic E-state index is 13.2. The van der Waals surface area contributed by atoms with Gasteiger partial charge in [0.05, 0.1) is 6.10 Å². The van der Waals surface area contributed by atoms with Crippen LogP contribution < -0.4 is 5.73 Å². The molecule has 0 saturated heterocycles. The normalized spacial score (nSPS) is 12.9. The molecule has 0 aliphatic heterocycles. The summed E-state index contributed by atoms with van der Waals surface area (Å²) in [6, 6.07) is 1.50. The number of phenolic OH excluding ortho intramolecular Hbond substituents is 1. The van der Waals surface area contributed by atoms with Crippen molar-refractivity contribution in [1.82, 2.24) is 0 Å². The fourth-order valence-electron chi connectivity index (χ4n) is 1.37. The van der Waals surface area contributed by atoms with Crippen molar-refractivity contribution < 1.29 is 14.6 Å². The minimum atomic E-state index is -0.861. The molecular weight excluding hydrogens is 185 g/mol. The second-order valence-corrected chi connectivity index (χ2v) is 3.32. The van der Waals surface area contributed by atoms with E-state index in [1.54, 1.807) is 6.92 Å². The molecule has 1 aromatic carbocycles. The first-order valence-corrected chi connectivity index (χ1v) is 4.35. The van der Waals surface area contributed by atoms with Gasteiger partial charge >= 0.3 is 0 Å². The van der Waals surface area contributed by atoms with Crippen molar-refractivity contribution in [3.63, 3.8) is 0 Å². The lowest BCUT2D eigenvalue weighted by atomic mass is 9.99. The van der Waals surface area contributed by atoms with Crippen molar-refractivity contribution in [3.8, 4) is 5.75 Å². The number of nitrogens with two attached hydrogens (primary N) is 1. The van der Waals surface area contributed by atoms with Crippen molar-refractivity contribution in [1.29, 1.82) is 0 Å². The van der Waals surface area contributed by atoms with Crippen LogP contribution in [-0.2, 0) is 0 Å². The Morgan fingerprint density at radius 2 is 2.07 bits per heavy atom. The van der Waals surface area contributed by atoms with Gasteiger partial charge in [-0.05, 0) is 36.6 Å². The maximum Gasteiger partial charge on any atom is 0.167 e. The Balaban J connectivity index is 3.33. The molecule has 14 heavy (non-hydrogen) atoms. The van der Waals surface area contributed by atoms with Crippen molar-refractivity contribution in [3.05, 3.63) is 28.6 Å². The number of aliphatic hydroxyl groups excluding tert-OH is 1. The Labute approximate surface area is 82.0 Å². The van der Waals surface area contributed by atoms with Crippen LogP contribution in [0.1, 0.15) is 22.8 Å². The van der Waals surface area contributed by atoms with Crippen LogP contribution in [0.25, 0.3) is 0 Å². The van der Waals surface area contributed by atoms with Crippen LogP contribution in [0.4, 0.5) is 4.39 Å². The van der Waals surface area contributed by atoms with Gasteiger partial charge in [-0.25, -0.2) is 4.39 Å². The molecule has 0 fully saturated rings. The molecule has 0 saturated carbocycles. The molecule has 0 amide bonds. The van der Waals surface area contributed by atoms with Crippen LogP contribution in [0.2, 0.25) is 0 Å². The summed E-state index contributed by atoms with van der Waals surface area (Å²) in [6.07, 6.45) is -0.861. The Morgan fingerprint density at radius 1 is 1.50 bits per heavy atom. The topological polar surface area (TPSA) is 66.5 Å². The van der Waals surface area contributed by atoms with E-state index >= 15 is 0 Å². The molecule has 1 unspecified atom stereocenters. The number of aromatic hydroxyl groups is 1. The molecule has 0 aromatic heterocycles. The van der Waals surface area contributed by atoms with E-state index in [0.29, 0.717) is 16.7 Å². The Morgan fingerprint density at radius 3 is 2.57 bits per heavy atom. The van der Waals surface area contributed by atoms with Gasteiger partial charge in [-0.3, -0.25) is 0 Å². The third-order valence-electron chi connectivity index (χ3n) is 2.30. The molecule has 0 bridgehead atoms. The lowest BCUT2D eigenvalue weighted by Gasteiger charge is -2.14. The molecule has 1 aromatic rings. The van der Waals surface area contributed by atoms with E-state index in [1.165, 1.54) is 13.0 Å². The Kier molecular flexibility index (Phi) is 3.08. The number of hydrogen-bond acceptors (Lipinski definition) is 3. The van der Waals surface area contributed by atoms with Gasteiger partial charge in [0, 0.05) is 6.54 Å². The number of phenols is 1. The monoisotopic (exact) mass is 199 g/mol. The van der Waals surface area contributed by atoms with Crippen LogP contribution in [0.5, 0.6) is 5.75 Å². The number of aryl methyl sites for hydroxylation is 1. The highest BCUT2D eigenvalue weighted by Gasteiger charge is 2.16. The highest BCUT2D eigenvalue weighted by Crippen LogP contribution is 2.30. The predicted octanol–water partition coefficient (Wildman–Crippen LogP) is 1.14. The summed E-state index contributed by atoms with van der Waals surface area (Å²) in [5.41, 5.74) is 6.40. The zero-order valence-corrected chi connectivity index (χ0v) is 8.21. The molecule has 0 aliphatic rings. The highest BCUT2D eigenvalue weighted by molar-refractivity contribution is 5.44. The van der Waals surface area contributed by atoms with Crippen LogP contribution in [-0.4, -0.2) is 16.8 Å². The fraction of sp³-hybridized carbons (Fsp3) is 0.400. The second-order valence-electron chi connectivity index (χ2n) is 3.32. The lowest BCUT2D eigenvalue weighted by molar-refractivity contribution is 0.185. The summed E-state index contributed by atoms with van der Waals surface area (Å²) in [5, 5.41) is 18.9. The number of aliphatic hydroxyl groups is 1. The second kappa shape index (κ2) is 3.94. The molecule has 1 rings (SSSR count). The quantitative estimate of drug-likeness (QED) is 0.669. The molecule has 0 aliphatic carbocycles. The minimum Gasteiger partial charge on any atom is -0.505 e. The standard InChI is InChI=1S/C10H14FNO2/c1-5-3-7(8(13)4-12)6(2)10(14)9(5)11/h3,8,13-14H,4,12H2,1-2H3. The molecule has 0 radical (unpaired) electrons. The van der Waals surface area contributed by atoms with E-state index < -0.39 is 17.7 Å². The van der Waals surface area contributed by atoms with Gasteiger partial charge in [0.15, 0.2) is 11.6 Å². The molecule has 1 atom stereocenters. The maximum absolute atomic E-state index is 13.2. The molecular formula is C10H14FNO2. The first-order valence-electron chi connectivity index (χ1n) is 4.35. The van der Waals surface area contributed by atoms with E-state index in [0.717, 1.165) is 0 Å². The van der Waals surface area contributed by atoms with Crippen molar-refractivity contribution in [2.45, 2.75) is 20.0 Å². The Bertz CT molecular complexity index is 352. The summed E-state index contributed by atoms with van der Waals surface area (Å²) in [5.74, 6) is -1.05. The van der Waals surface area contributed by atoms with Gasteiger partial charge < -0.3 is 15.9 Å². The summed E-state index contributed by atoms with van der Waals surface area (Å²) < 4.78 is 13.2. The molecule has 78 valence electrons. The average molecular weight is 199 g/mol. The number of hydrogen-bond donors (Lipinski definition) is 3. The summed E-state index contributed by atoms with van der Waals surface area (Å²) in [4.78, 5) is 0. The third kappa shape index (κ3) is 1.71. The van der Waals surface area contributed by atoms with Crippen molar-refractivity contribution in [2.24, 2.45) is 5.73 Å². The van der Waals surface area contributed by atoms with Gasteiger partial charge in [-0.15, -0.1) is 0 Å². The van der Waals surface area contributed by atoms with Crippen molar-refractivity contribution in [2.75, 3.05) is 6.54 Å². The largest absolute Gasteiger partial charge is 0.505 e. The molecule has 4 N–H and O–H groups in total. The van der Waals surface area contributed by atoms with Gasteiger partial charge in [0.25, 0.3) is 0 Å². The fourth-order valence-corrected chi connectivity index (χ4v) is 1.37. The summed E-state index contributed by atoms with van der Waals surface area (Å²) in [7, 11) is 0. The summed E-state index contributed by atoms with van der Waals surface area (Å²) >= 11 is 0. The van der Waals surface area contributed by atoms with E-state index in [2.05, 4.69) is 0 Å². The number of halogens is 1. The minimum absolute atomic E-state index is 0.0470. The van der Waals surface area contributed by atoms with Gasteiger partial charge in [0.2, 0.25) is 0 Å². The molecule has 3 nitrogen and oxygen atoms in total. The SMILES string of the molecule is Cc1cc(C(O)CN)c(C)c(O)c1F. The molecule has 0 heterocycles. The average Bonchev–Trinajstić information content (AvgIpc) is 2.19. The first-order chi connectivity index (χ1) is 6.49. The van der Waals surface area contributed by atoms with E-state index in [-0.39, 0.29) is 6.54 Å². The summed E-state index contributed by atoms with van der Waals surface area (Å²) in [6.45, 7) is 3.12. The third-order valence-corrected chi connectivity index (χ3v) is 2.30.